The maximum atomic E-state index is 13.2. The highest BCUT2D eigenvalue weighted by atomic mass is 79.9. The van der Waals surface area contributed by atoms with Gasteiger partial charge < -0.3 is 9.80 Å². The Hall–Kier alpha value is -2.23. The van der Waals surface area contributed by atoms with Gasteiger partial charge in [0.05, 0.1) is 10.8 Å². The molecule has 7 nitrogen and oxygen atoms in total. The van der Waals surface area contributed by atoms with Crippen molar-refractivity contribution in [3.8, 4) is 0 Å². The lowest BCUT2D eigenvalue weighted by molar-refractivity contribution is -0.136. The number of carbonyl (C=O) groups is 2. The highest BCUT2D eigenvalue weighted by Gasteiger charge is 2.40. The molecule has 0 bridgehead atoms. The molecule has 0 N–H and O–H groups in total. The van der Waals surface area contributed by atoms with Crippen LogP contribution in [0.1, 0.15) is 38.2 Å². The van der Waals surface area contributed by atoms with E-state index >= 15 is 0 Å². The molecular formula is C25H30BrN3O4S. The molecule has 34 heavy (non-hydrogen) atoms. The molecule has 0 spiro atoms. The monoisotopic (exact) mass is 547 g/mol. The number of hydrogen-bond donors (Lipinski definition) is 0. The van der Waals surface area contributed by atoms with E-state index in [9.17, 15) is 18.0 Å². The average Bonchev–Trinajstić information content (AvgIpc) is 3.24. The van der Waals surface area contributed by atoms with Crippen molar-refractivity contribution in [3.63, 3.8) is 0 Å². The molecule has 2 fully saturated rings. The van der Waals surface area contributed by atoms with Crippen LogP contribution in [0.5, 0.6) is 0 Å². The number of carbonyl (C=O) groups excluding carboxylic acids is 2. The maximum absolute atomic E-state index is 13.2. The summed E-state index contributed by atoms with van der Waals surface area (Å²) in [6.07, 6.45) is 1.15. The number of halogens is 1. The molecule has 0 radical (unpaired) electrons. The fraction of sp³-hybridized carbons (Fsp3) is 0.440. The number of nitrogens with zero attached hydrogens (tertiary/aromatic N) is 3. The summed E-state index contributed by atoms with van der Waals surface area (Å²) in [7, 11) is -3.64. The zero-order valence-corrected chi connectivity index (χ0v) is 21.9. The van der Waals surface area contributed by atoms with Gasteiger partial charge in [0.15, 0.2) is 0 Å². The van der Waals surface area contributed by atoms with Gasteiger partial charge in [0.1, 0.15) is 0 Å². The third-order valence-electron chi connectivity index (χ3n) is 6.85. The van der Waals surface area contributed by atoms with Gasteiger partial charge in [-0.1, -0.05) is 44.2 Å². The highest BCUT2D eigenvalue weighted by molar-refractivity contribution is 9.10. The molecule has 2 amide bonds. The van der Waals surface area contributed by atoms with Gasteiger partial charge in [0.25, 0.3) is 0 Å². The summed E-state index contributed by atoms with van der Waals surface area (Å²) in [5.74, 6) is -0.207. The number of sulfonamides is 1. The van der Waals surface area contributed by atoms with Gasteiger partial charge in [-0.2, -0.15) is 4.31 Å². The molecule has 0 aliphatic carbocycles. The van der Waals surface area contributed by atoms with E-state index in [1.807, 2.05) is 18.2 Å². The largest absolute Gasteiger partial charge is 0.340 e. The van der Waals surface area contributed by atoms with E-state index < -0.39 is 15.9 Å². The first-order chi connectivity index (χ1) is 16.2. The van der Waals surface area contributed by atoms with Crippen molar-refractivity contribution in [3.05, 3.63) is 58.6 Å². The van der Waals surface area contributed by atoms with Crippen molar-refractivity contribution in [2.45, 2.75) is 37.5 Å². The lowest BCUT2D eigenvalue weighted by Gasteiger charge is -2.35. The minimum Gasteiger partial charge on any atom is -0.340 e. The van der Waals surface area contributed by atoms with Crippen LogP contribution < -0.4 is 4.90 Å². The standard InChI is InChI=1S/C25H30BrN3O4S/c1-3-18(2)20-8-4-6-10-22(20)29-17-19(16-24(29)30)25(31)27-12-14-28(15-13-27)34(32,33)23-11-7-5-9-21(23)26/h4-11,18-19H,3,12-17H2,1-2H3/t18-,19+/m1/s1. The number of hydrogen-bond acceptors (Lipinski definition) is 4. The molecule has 2 heterocycles. The van der Waals surface area contributed by atoms with E-state index in [4.69, 9.17) is 0 Å². The molecule has 0 unspecified atom stereocenters. The molecule has 182 valence electrons. The second kappa shape index (κ2) is 10.2. The molecule has 2 saturated heterocycles. The summed E-state index contributed by atoms with van der Waals surface area (Å²) in [5.41, 5.74) is 2.01. The summed E-state index contributed by atoms with van der Waals surface area (Å²) in [6.45, 7) is 5.72. The van der Waals surface area contributed by atoms with E-state index in [0.717, 1.165) is 17.7 Å². The van der Waals surface area contributed by atoms with E-state index in [0.29, 0.717) is 30.0 Å². The summed E-state index contributed by atoms with van der Waals surface area (Å²) in [5, 5.41) is 0. The molecule has 2 aliphatic rings. The Balaban J connectivity index is 1.42. The molecule has 0 saturated carbocycles. The fourth-order valence-corrected chi connectivity index (χ4v) is 7.06. The van der Waals surface area contributed by atoms with Crippen molar-refractivity contribution < 1.29 is 18.0 Å². The van der Waals surface area contributed by atoms with Crippen LogP contribution in [0.2, 0.25) is 0 Å². The third-order valence-corrected chi connectivity index (χ3v) is 9.76. The van der Waals surface area contributed by atoms with Crippen LogP contribution in [0.15, 0.2) is 57.9 Å². The average molecular weight is 549 g/mol. The summed E-state index contributed by atoms with van der Waals surface area (Å²) >= 11 is 3.32. The van der Waals surface area contributed by atoms with Gasteiger partial charge in [0.2, 0.25) is 21.8 Å². The number of piperazine rings is 1. The topological polar surface area (TPSA) is 78.0 Å². The molecule has 2 aliphatic heterocycles. The Kier molecular flexibility index (Phi) is 7.45. The lowest BCUT2D eigenvalue weighted by atomic mass is 9.96. The number of anilines is 1. The zero-order chi connectivity index (χ0) is 24.5. The van der Waals surface area contributed by atoms with E-state index in [1.54, 1.807) is 34.1 Å². The predicted molar refractivity (Wildman–Crippen MR) is 135 cm³/mol. The lowest BCUT2D eigenvalue weighted by Crippen LogP contribution is -2.52. The van der Waals surface area contributed by atoms with E-state index in [2.05, 4.69) is 35.8 Å². The minimum atomic E-state index is -3.64. The molecule has 2 atom stereocenters. The van der Waals surface area contributed by atoms with Gasteiger partial charge in [-0.3, -0.25) is 9.59 Å². The molecule has 2 aromatic carbocycles. The van der Waals surface area contributed by atoms with E-state index in [-0.39, 0.29) is 36.2 Å². The van der Waals surface area contributed by atoms with Gasteiger partial charge in [-0.15, -0.1) is 0 Å². The van der Waals surface area contributed by atoms with Crippen molar-refractivity contribution in [1.82, 2.24) is 9.21 Å². The predicted octanol–water partition coefficient (Wildman–Crippen LogP) is 3.85. The molecule has 2 aromatic rings. The Bertz CT molecular complexity index is 1180. The first-order valence-electron chi connectivity index (χ1n) is 11.7. The second-order valence-corrected chi connectivity index (χ2v) is 11.7. The van der Waals surface area contributed by atoms with Crippen LogP contribution in [0.25, 0.3) is 0 Å². The van der Waals surface area contributed by atoms with Gasteiger partial charge in [0, 0.05) is 49.3 Å². The van der Waals surface area contributed by atoms with Gasteiger partial charge >= 0.3 is 0 Å². The zero-order valence-electron chi connectivity index (χ0n) is 19.5. The first kappa shape index (κ1) is 24.9. The first-order valence-corrected chi connectivity index (χ1v) is 13.9. The molecular weight excluding hydrogens is 518 g/mol. The summed E-state index contributed by atoms with van der Waals surface area (Å²) < 4.78 is 28.0. The number of amides is 2. The van der Waals surface area contributed by atoms with Crippen molar-refractivity contribution in [1.29, 1.82) is 0 Å². The Morgan fingerprint density at radius 2 is 1.71 bits per heavy atom. The van der Waals surface area contributed by atoms with Crippen LogP contribution in [-0.2, 0) is 19.6 Å². The van der Waals surface area contributed by atoms with Crippen LogP contribution in [0, 0.1) is 5.92 Å². The quantitative estimate of drug-likeness (QED) is 0.550. The SMILES string of the molecule is CC[C@@H](C)c1ccccc1N1C[C@@H](C(=O)N2CCN(S(=O)(=O)c3ccccc3Br)CC2)CC1=O. The van der Waals surface area contributed by atoms with Gasteiger partial charge in [-0.25, -0.2) is 8.42 Å². The Labute approximate surface area is 209 Å². The van der Waals surface area contributed by atoms with Crippen LogP contribution in [0.4, 0.5) is 5.69 Å². The van der Waals surface area contributed by atoms with Crippen LogP contribution >= 0.6 is 15.9 Å². The summed E-state index contributed by atoms with van der Waals surface area (Å²) in [4.78, 5) is 29.8. The second-order valence-electron chi connectivity index (χ2n) is 8.93. The van der Waals surface area contributed by atoms with Crippen molar-refractivity contribution >= 4 is 43.5 Å². The van der Waals surface area contributed by atoms with E-state index in [1.165, 1.54) is 4.31 Å². The molecule has 0 aromatic heterocycles. The Morgan fingerprint density at radius 3 is 2.38 bits per heavy atom. The normalized spacial score (nSPS) is 20.6. The smallest absolute Gasteiger partial charge is 0.244 e. The van der Waals surface area contributed by atoms with Crippen LogP contribution in [-0.4, -0.2) is 62.2 Å². The third kappa shape index (κ3) is 4.78. The minimum absolute atomic E-state index is 0.0377. The molecule has 9 heteroatoms. The number of para-hydroxylation sites is 1. The van der Waals surface area contributed by atoms with Gasteiger partial charge in [-0.05, 0) is 52.0 Å². The van der Waals surface area contributed by atoms with Crippen LogP contribution in [0.3, 0.4) is 0 Å². The highest BCUT2D eigenvalue weighted by Crippen LogP contribution is 2.34. The number of rotatable bonds is 6. The number of benzene rings is 2. The molecule has 4 rings (SSSR count). The fourth-order valence-electron chi connectivity index (χ4n) is 4.68. The summed E-state index contributed by atoms with van der Waals surface area (Å²) in [6, 6.07) is 14.7. The maximum Gasteiger partial charge on any atom is 0.244 e. The van der Waals surface area contributed by atoms with Crippen molar-refractivity contribution in [2.24, 2.45) is 5.92 Å². The van der Waals surface area contributed by atoms with Crippen molar-refractivity contribution in [2.75, 3.05) is 37.6 Å². The Morgan fingerprint density at radius 1 is 1.06 bits per heavy atom.